The van der Waals surface area contributed by atoms with Crippen molar-refractivity contribution in [3.05, 3.63) is 63.8 Å². The lowest BCUT2D eigenvalue weighted by atomic mass is 10.1. The molecular formula is C22H22N2O5S. The van der Waals surface area contributed by atoms with Gasteiger partial charge in [0.2, 0.25) is 5.75 Å². The van der Waals surface area contributed by atoms with Gasteiger partial charge in [-0.2, -0.15) is 0 Å². The maximum Gasteiger partial charge on any atom is 0.265 e. The van der Waals surface area contributed by atoms with Crippen LogP contribution in [0.2, 0.25) is 0 Å². The van der Waals surface area contributed by atoms with Gasteiger partial charge in [0.15, 0.2) is 11.5 Å². The highest BCUT2D eigenvalue weighted by molar-refractivity contribution is 7.12. The molecule has 2 aromatic carbocycles. The van der Waals surface area contributed by atoms with E-state index < -0.39 is 0 Å². The molecule has 8 heteroatoms. The Morgan fingerprint density at radius 1 is 0.867 bits per heavy atom. The Bertz CT molecular complexity index is 1040. The maximum atomic E-state index is 12.9. The van der Waals surface area contributed by atoms with Crippen LogP contribution < -0.4 is 24.8 Å². The van der Waals surface area contributed by atoms with Crippen molar-refractivity contribution in [1.29, 1.82) is 0 Å². The van der Waals surface area contributed by atoms with Gasteiger partial charge in [-0.15, -0.1) is 11.3 Å². The predicted molar refractivity (Wildman–Crippen MR) is 118 cm³/mol. The summed E-state index contributed by atoms with van der Waals surface area (Å²) in [5.74, 6) is 0.632. The van der Waals surface area contributed by atoms with Crippen LogP contribution in [0.4, 0.5) is 11.4 Å². The van der Waals surface area contributed by atoms with Crippen molar-refractivity contribution < 1.29 is 23.8 Å². The van der Waals surface area contributed by atoms with Crippen LogP contribution in [0.1, 0.15) is 25.6 Å². The molecule has 0 aliphatic rings. The van der Waals surface area contributed by atoms with Gasteiger partial charge in [0.05, 0.1) is 26.2 Å². The largest absolute Gasteiger partial charge is 0.493 e. The predicted octanol–water partition coefficient (Wildman–Crippen LogP) is 4.59. The zero-order valence-electron chi connectivity index (χ0n) is 17.1. The molecule has 3 rings (SSSR count). The van der Waals surface area contributed by atoms with Gasteiger partial charge in [0, 0.05) is 16.9 Å². The van der Waals surface area contributed by atoms with Gasteiger partial charge in [-0.3, -0.25) is 9.59 Å². The summed E-state index contributed by atoms with van der Waals surface area (Å²) in [5.41, 5.74) is 2.36. The van der Waals surface area contributed by atoms with Gasteiger partial charge < -0.3 is 24.8 Å². The molecule has 2 amide bonds. The lowest BCUT2D eigenvalue weighted by Crippen LogP contribution is -2.15. The number of nitrogens with one attached hydrogen (secondary N) is 2. The summed E-state index contributed by atoms with van der Waals surface area (Å²) in [6.45, 7) is 1.87. The highest BCUT2D eigenvalue weighted by atomic mass is 32.1. The topological polar surface area (TPSA) is 85.9 Å². The van der Waals surface area contributed by atoms with E-state index in [2.05, 4.69) is 10.6 Å². The number of amides is 2. The Labute approximate surface area is 178 Å². The Balaban J connectivity index is 1.84. The van der Waals surface area contributed by atoms with Gasteiger partial charge in [0.25, 0.3) is 11.8 Å². The van der Waals surface area contributed by atoms with Crippen molar-refractivity contribution in [2.75, 3.05) is 32.0 Å². The standard InChI is InChI=1S/C22H22N2O5S/c1-13-7-8-15(23-22(26)19-6-5-9-30-19)12-16(13)24-21(25)14-10-17(27-2)20(29-4)18(11-14)28-3/h5-12H,1-4H3,(H,23,26)(H,24,25). The van der Waals surface area contributed by atoms with E-state index in [1.165, 1.54) is 32.7 Å². The lowest BCUT2D eigenvalue weighted by Gasteiger charge is -2.15. The van der Waals surface area contributed by atoms with Gasteiger partial charge in [-0.25, -0.2) is 0 Å². The minimum atomic E-state index is -0.348. The van der Waals surface area contributed by atoms with Crippen LogP contribution in [0, 0.1) is 6.92 Å². The molecule has 156 valence electrons. The fourth-order valence-electron chi connectivity index (χ4n) is 2.84. The number of hydrogen-bond donors (Lipinski definition) is 2. The normalized spacial score (nSPS) is 10.3. The fourth-order valence-corrected chi connectivity index (χ4v) is 3.46. The van der Waals surface area contributed by atoms with Crippen LogP contribution in [0.25, 0.3) is 0 Å². The Morgan fingerprint density at radius 3 is 2.13 bits per heavy atom. The van der Waals surface area contributed by atoms with Crippen molar-refractivity contribution in [2.45, 2.75) is 6.92 Å². The first-order valence-electron chi connectivity index (χ1n) is 9.03. The van der Waals surface area contributed by atoms with E-state index in [1.807, 2.05) is 24.4 Å². The molecule has 0 radical (unpaired) electrons. The molecule has 0 saturated heterocycles. The number of anilines is 2. The van der Waals surface area contributed by atoms with E-state index in [4.69, 9.17) is 14.2 Å². The van der Waals surface area contributed by atoms with Gasteiger partial charge >= 0.3 is 0 Å². The third-order valence-corrected chi connectivity index (χ3v) is 5.28. The molecule has 1 heterocycles. The summed E-state index contributed by atoms with van der Waals surface area (Å²) >= 11 is 1.36. The third kappa shape index (κ3) is 4.55. The molecule has 1 aromatic heterocycles. The molecular weight excluding hydrogens is 404 g/mol. The van der Waals surface area contributed by atoms with Crippen LogP contribution in [0.15, 0.2) is 47.8 Å². The van der Waals surface area contributed by atoms with Crippen LogP contribution in [-0.2, 0) is 0 Å². The first-order valence-corrected chi connectivity index (χ1v) is 9.91. The van der Waals surface area contributed by atoms with E-state index in [0.717, 1.165) is 5.56 Å². The van der Waals surface area contributed by atoms with Crippen molar-refractivity contribution in [3.8, 4) is 17.2 Å². The molecule has 2 N–H and O–H groups in total. The highest BCUT2D eigenvalue weighted by Crippen LogP contribution is 2.38. The number of thiophene rings is 1. The van der Waals surface area contributed by atoms with Crippen LogP contribution >= 0.6 is 11.3 Å². The minimum absolute atomic E-state index is 0.198. The first-order chi connectivity index (χ1) is 14.5. The molecule has 0 unspecified atom stereocenters. The molecule has 0 bridgehead atoms. The lowest BCUT2D eigenvalue weighted by molar-refractivity contribution is 0.102. The second kappa shape index (κ2) is 9.32. The summed E-state index contributed by atoms with van der Waals surface area (Å²) in [5, 5.41) is 7.56. The molecule has 30 heavy (non-hydrogen) atoms. The first kappa shape index (κ1) is 21.2. The van der Waals surface area contributed by atoms with Crippen LogP contribution in [0.3, 0.4) is 0 Å². The smallest absolute Gasteiger partial charge is 0.265 e. The van der Waals surface area contributed by atoms with E-state index >= 15 is 0 Å². The number of hydrogen-bond acceptors (Lipinski definition) is 6. The van der Waals surface area contributed by atoms with E-state index in [-0.39, 0.29) is 11.8 Å². The number of carbonyl (C=O) groups excluding carboxylic acids is 2. The molecule has 0 fully saturated rings. The van der Waals surface area contributed by atoms with E-state index in [0.29, 0.717) is 39.1 Å². The average Bonchev–Trinajstić information content (AvgIpc) is 3.30. The monoisotopic (exact) mass is 426 g/mol. The number of rotatable bonds is 7. The summed E-state index contributed by atoms with van der Waals surface area (Å²) in [6, 6.07) is 12.1. The molecule has 0 spiro atoms. The van der Waals surface area contributed by atoms with Gasteiger partial charge in [-0.1, -0.05) is 12.1 Å². The molecule has 0 atom stereocenters. The molecule has 0 saturated carbocycles. The molecule has 0 aliphatic heterocycles. The maximum absolute atomic E-state index is 12.9. The van der Waals surface area contributed by atoms with Crippen molar-refractivity contribution in [2.24, 2.45) is 0 Å². The number of aryl methyl sites for hydroxylation is 1. The Hall–Kier alpha value is -3.52. The third-order valence-electron chi connectivity index (χ3n) is 4.42. The highest BCUT2D eigenvalue weighted by Gasteiger charge is 2.18. The summed E-state index contributed by atoms with van der Waals surface area (Å²) < 4.78 is 15.9. The summed E-state index contributed by atoms with van der Waals surface area (Å²) in [6.07, 6.45) is 0. The van der Waals surface area contributed by atoms with Crippen molar-refractivity contribution in [3.63, 3.8) is 0 Å². The van der Waals surface area contributed by atoms with Crippen molar-refractivity contribution >= 4 is 34.5 Å². The van der Waals surface area contributed by atoms with Gasteiger partial charge in [0.1, 0.15) is 0 Å². The Morgan fingerprint density at radius 2 is 1.57 bits per heavy atom. The second-order valence-electron chi connectivity index (χ2n) is 6.33. The number of carbonyl (C=O) groups is 2. The van der Waals surface area contributed by atoms with E-state index in [1.54, 1.807) is 30.3 Å². The molecule has 7 nitrogen and oxygen atoms in total. The van der Waals surface area contributed by atoms with Gasteiger partial charge in [-0.05, 0) is 48.2 Å². The molecule has 0 aliphatic carbocycles. The van der Waals surface area contributed by atoms with Crippen LogP contribution in [0.5, 0.6) is 17.2 Å². The number of ether oxygens (including phenoxy) is 3. The van der Waals surface area contributed by atoms with E-state index in [9.17, 15) is 9.59 Å². The Kier molecular flexibility index (Phi) is 6.58. The molecule has 3 aromatic rings. The fraction of sp³-hybridized carbons (Fsp3) is 0.182. The second-order valence-corrected chi connectivity index (χ2v) is 7.28. The van der Waals surface area contributed by atoms with Crippen molar-refractivity contribution in [1.82, 2.24) is 0 Å². The number of benzene rings is 2. The quantitative estimate of drug-likeness (QED) is 0.577. The zero-order chi connectivity index (χ0) is 21.7. The minimum Gasteiger partial charge on any atom is -0.493 e. The zero-order valence-corrected chi connectivity index (χ0v) is 17.9. The average molecular weight is 426 g/mol. The summed E-state index contributed by atoms with van der Waals surface area (Å²) in [7, 11) is 4.48. The SMILES string of the molecule is COc1cc(C(=O)Nc2cc(NC(=O)c3cccs3)ccc2C)cc(OC)c1OC. The number of methoxy groups -OCH3 is 3. The summed E-state index contributed by atoms with van der Waals surface area (Å²) in [4.78, 5) is 25.8. The van der Waals surface area contributed by atoms with Crippen LogP contribution in [-0.4, -0.2) is 33.1 Å².